The van der Waals surface area contributed by atoms with Gasteiger partial charge in [-0.1, -0.05) is 18.2 Å². The molecule has 0 spiro atoms. The molecule has 3 heteroatoms. The molecule has 1 aromatic heterocycles. The molecule has 1 heterocycles. The van der Waals surface area contributed by atoms with Gasteiger partial charge in [-0.05, 0) is 36.8 Å². The van der Waals surface area contributed by atoms with Gasteiger partial charge in [-0.2, -0.15) is 0 Å². The van der Waals surface area contributed by atoms with Gasteiger partial charge in [0.25, 0.3) is 0 Å². The summed E-state index contributed by atoms with van der Waals surface area (Å²) in [4.78, 5) is 14.4. The molecular weight excluding hydrogens is 212 g/mol. The highest BCUT2D eigenvalue weighted by molar-refractivity contribution is 5.80. The fourth-order valence-electron chi connectivity index (χ4n) is 1.99. The Morgan fingerprint density at radius 2 is 2.12 bits per heavy atom. The zero-order valence-electron chi connectivity index (χ0n) is 10.1. The topological polar surface area (TPSA) is 44.9 Å². The third kappa shape index (κ3) is 3.09. The van der Waals surface area contributed by atoms with Crippen LogP contribution in [-0.2, 0) is 11.2 Å². The van der Waals surface area contributed by atoms with Crippen molar-refractivity contribution in [2.45, 2.75) is 25.7 Å². The number of aryl methyl sites for hydroxylation is 1. The second-order valence-electron chi connectivity index (χ2n) is 4.26. The first kappa shape index (κ1) is 11.7. The zero-order valence-corrected chi connectivity index (χ0v) is 10.1. The van der Waals surface area contributed by atoms with E-state index in [1.807, 2.05) is 12.1 Å². The molecule has 0 atom stereocenters. The zero-order chi connectivity index (χ0) is 12.1. The van der Waals surface area contributed by atoms with E-state index in [4.69, 9.17) is 0 Å². The van der Waals surface area contributed by atoms with Crippen LogP contribution in [0.2, 0.25) is 0 Å². The fraction of sp³-hybridized carbons (Fsp3) is 0.357. The van der Waals surface area contributed by atoms with E-state index >= 15 is 0 Å². The maximum absolute atomic E-state index is 11.0. The van der Waals surface area contributed by atoms with Gasteiger partial charge in [0.15, 0.2) is 0 Å². The van der Waals surface area contributed by atoms with Crippen molar-refractivity contribution in [1.82, 2.24) is 10.3 Å². The summed E-state index contributed by atoms with van der Waals surface area (Å²) in [6, 6.07) is 10.5. The van der Waals surface area contributed by atoms with Gasteiger partial charge in [0.05, 0.1) is 0 Å². The number of amides is 1. The van der Waals surface area contributed by atoms with E-state index in [0.29, 0.717) is 6.42 Å². The standard InChI is InChI=1S/C14H18N2O/c1-15-14(17)9-5-3-7-12-10-11-6-2-4-8-13(11)16-12/h2,4,6,8,10,16H,3,5,7,9H2,1H3,(H,15,17). The van der Waals surface area contributed by atoms with Gasteiger partial charge in [0, 0.05) is 24.7 Å². The number of H-pyrrole nitrogens is 1. The average molecular weight is 230 g/mol. The minimum Gasteiger partial charge on any atom is -0.359 e. The molecule has 3 nitrogen and oxygen atoms in total. The lowest BCUT2D eigenvalue weighted by molar-refractivity contribution is -0.120. The smallest absolute Gasteiger partial charge is 0.219 e. The number of carbonyl (C=O) groups excluding carboxylic acids is 1. The highest BCUT2D eigenvalue weighted by Crippen LogP contribution is 2.16. The van der Waals surface area contributed by atoms with E-state index < -0.39 is 0 Å². The highest BCUT2D eigenvalue weighted by Gasteiger charge is 2.01. The van der Waals surface area contributed by atoms with Crippen molar-refractivity contribution < 1.29 is 4.79 Å². The summed E-state index contributed by atoms with van der Waals surface area (Å²) in [6.07, 6.45) is 3.61. The van der Waals surface area contributed by atoms with Crippen molar-refractivity contribution in [2.75, 3.05) is 7.05 Å². The van der Waals surface area contributed by atoms with Gasteiger partial charge in [-0.3, -0.25) is 4.79 Å². The van der Waals surface area contributed by atoms with Crippen molar-refractivity contribution >= 4 is 16.8 Å². The quantitative estimate of drug-likeness (QED) is 0.762. The summed E-state index contributed by atoms with van der Waals surface area (Å²) < 4.78 is 0. The molecule has 0 aliphatic rings. The van der Waals surface area contributed by atoms with Crippen LogP contribution in [0, 0.1) is 0 Å². The van der Waals surface area contributed by atoms with Crippen LogP contribution in [-0.4, -0.2) is 17.9 Å². The van der Waals surface area contributed by atoms with E-state index in [1.165, 1.54) is 16.6 Å². The van der Waals surface area contributed by atoms with Crippen molar-refractivity contribution in [3.05, 3.63) is 36.0 Å². The fourth-order valence-corrected chi connectivity index (χ4v) is 1.99. The lowest BCUT2D eigenvalue weighted by Crippen LogP contribution is -2.16. The van der Waals surface area contributed by atoms with Gasteiger partial charge >= 0.3 is 0 Å². The SMILES string of the molecule is CNC(=O)CCCCc1cc2ccccc2[nH]1. The molecule has 0 aliphatic carbocycles. The Morgan fingerprint density at radius 3 is 2.88 bits per heavy atom. The molecule has 1 aromatic carbocycles. The maximum Gasteiger partial charge on any atom is 0.219 e. The number of hydrogen-bond donors (Lipinski definition) is 2. The van der Waals surface area contributed by atoms with Crippen LogP contribution in [0.15, 0.2) is 30.3 Å². The number of rotatable bonds is 5. The monoisotopic (exact) mass is 230 g/mol. The Morgan fingerprint density at radius 1 is 1.29 bits per heavy atom. The summed E-state index contributed by atoms with van der Waals surface area (Å²) >= 11 is 0. The Bertz CT molecular complexity index is 469. The van der Waals surface area contributed by atoms with Crippen molar-refractivity contribution in [1.29, 1.82) is 0 Å². The Kier molecular flexibility index (Phi) is 3.81. The molecule has 90 valence electrons. The van der Waals surface area contributed by atoms with E-state index in [2.05, 4.69) is 28.5 Å². The molecule has 0 unspecified atom stereocenters. The van der Waals surface area contributed by atoms with Gasteiger partial charge in [-0.25, -0.2) is 0 Å². The third-order valence-corrected chi connectivity index (χ3v) is 2.96. The van der Waals surface area contributed by atoms with Gasteiger partial charge in [0.2, 0.25) is 5.91 Å². The second kappa shape index (κ2) is 5.53. The Hall–Kier alpha value is -1.77. The molecule has 0 saturated carbocycles. The number of hydrogen-bond acceptors (Lipinski definition) is 1. The first-order valence-electron chi connectivity index (χ1n) is 6.07. The molecule has 2 rings (SSSR count). The van der Waals surface area contributed by atoms with Gasteiger partial charge in [0.1, 0.15) is 0 Å². The first-order valence-corrected chi connectivity index (χ1v) is 6.07. The van der Waals surface area contributed by atoms with E-state index in [9.17, 15) is 4.79 Å². The summed E-state index contributed by atoms with van der Waals surface area (Å²) in [5, 5.41) is 3.90. The molecule has 2 N–H and O–H groups in total. The van der Waals surface area contributed by atoms with Crippen LogP contribution >= 0.6 is 0 Å². The summed E-state index contributed by atoms with van der Waals surface area (Å²) in [5.41, 5.74) is 2.44. The normalized spacial score (nSPS) is 10.6. The highest BCUT2D eigenvalue weighted by atomic mass is 16.1. The average Bonchev–Trinajstić information content (AvgIpc) is 2.76. The number of benzene rings is 1. The number of nitrogens with one attached hydrogen (secondary N) is 2. The number of carbonyl (C=O) groups is 1. The largest absolute Gasteiger partial charge is 0.359 e. The molecule has 0 saturated heterocycles. The van der Waals surface area contributed by atoms with Crippen LogP contribution in [0.3, 0.4) is 0 Å². The molecule has 0 aliphatic heterocycles. The first-order chi connectivity index (χ1) is 8.29. The number of para-hydroxylation sites is 1. The lowest BCUT2D eigenvalue weighted by Gasteiger charge is -1.99. The molecule has 0 radical (unpaired) electrons. The predicted octanol–water partition coefficient (Wildman–Crippen LogP) is 2.63. The molecule has 0 fully saturated rings. The van der Waals surface area contributed by atoms with Crippen LogP contribution in [0.4, 0.5) is 0 Å². The molecular formula is C14H18N2O. The van der Waals surface area contributed by atoms with Crippen molar-refractivity contribution in [2.24, 2.45) is 0 Å². The maximum atomic E-state index is 11.0. The Labute approximate surface area is 101 Å². The van der Waals surface area contributed by atoms with Crippen LogP contribution in [0.5, 0.6) is 0 Å². The molecule has 0 bridgehead atoms. The summed E-state index contributed by atoms with van der Waals surface area (Å²) in [6.45, 7) is 0. The van der Waals surface area contributed by atoms with Gasteiger partial charge in [-0.15, -0.1) is 0 Å². The van der Waals surface area contributed by atoms with Crippen LogP contribution < -0.4 is 5.32 Å². The van der Waals surface area contributed by atoms with Crippen LogP contribution in [0.25, 0.3) is 10.9 Å². The number of aromatic amines is 1. The molecule has 17 heavy (non-hydrogen) atoms. The van der Waals surface area contributed by atoms with E-state index in [-0.39, 0.29) is 5.91 Å². The summed E-state index contributed by atoms with van der Waals surface area (Å²) in [5.74, 6) is 0.127. The minimum atomic E-state index is 0.127. The Balaban J connectivity index is 1.85. The van der Waals surface area contributed by atoms with Gasteiger partial charge < -0.3 is 10.3 Å². The number of fused-ring (bicyclic) bond motifs is 1. The predicted molar refractivity (Wildman–Crippen MR) is 69.9 cm³/mol. The number of aromatic nitrogens is 1. The molecule has 2 aromatic rings. The summed E-state index contributed by atoms with van der Waals surface area (Å²) in [7, 11) is 1.68. The molecule has 1 amide bonds. The minimum absolute atomic E-state index is 0.127. The van der Waals surface area contributed by atoms with Crippen molar-refractivity contribution in [3.63, 3.8) is 0 Å². The van der Waals surface area contributed by atoms with E-state index in [0.717, 1.165) is 19.3 Å². The number of unbranched alkanes of at least 4 members (excludes halogenated alkanes) is 1. The van der Waals surface area contributed by atoms with Crippen molar-refractivity contribution in [3.8, 4) is 0 Å². The third-order valence-electron chi connectivity index (χ3n) is 2.96. The van der Waals surface area contributed by atoms with Crippen LogP contribution in [0.1, 0.15) is 25.0 Å². The second-order valence-corrected chi connectivity index (χ2v) is 4.26. The van der Waals surface area contributed by atoms with E-state index in [1.54, 1.807) is 7.05 Å². The lowest BCUT2D eigenvalue weighted by atomic mass is 10.1.